The minimum absolute atomic E-state index is 0.0608. The minimum atomic E-state index is -0.0870. The molecule has 1 aromatic carbocycles. The number of hydrogen-bond donors (Lipinski definition) is 2. The molecule has 0 fully saturated rings. The van der Waals surface area contributed by atoms with Crippen molar-refractivity contribution in [2.24, 2.45) is 0 Å². The molecule has 0 aliphatic rings. The molecule has 0 saturated carbocycles. The molecule has 0 aliphatic carbocycles. The van der Waals surface area contributed by atoms with Crippen LogP contribution >= 0.6 is 11.6 Å². The second kappa shape index (κ2) is 6.95. The van der Waals surface area contributed by atoms with E-state index in [0.717, 1.165) is 5.56 Å². The zero-order valence-electron chi connectivity index (χ0n) is 9.59. The predicted molar refractivity (Wildman–Crippen MR) is 67.6 cm³/mol. The molecule has 4 heteroatoms. The Bertz CT molecular complexity index is 460. The molecule has 0 unspecified atom stereocenters. The van der Waals surface area contributed by atoms with Gasteiger partial charge in [-0.25, -0.2) is 0 Å². The van der Waals surface area contributed by atoms with E-state index in [2.05, 4.69) is 17.2 Å². The lowest BCUT2D eigenvalue weighted by molar-refractivity contribution is -0.118. The van der Waals surface area contributed by atoms with E-state index in [-0.39, 0.29) is 12.5 Å². The van der Waals surface area contributed by atoms with Crippen LogP contribution in [0.4, 0.5) is 0 Å². The smallest absolute Gasteiger partial charge is 0.216 e. The summed E-state index contributed by atoms with van der Waals surface area (Å²) < 4.78 is 0. The van der Waals surface area contributed by atoms with Crippen molar-refractivity contribution in [2.45, 2.75) is 20.0 Å². The molecule has 0 atom stereocenters. The fraction of sp³-hybridized carbons (Fsp3) is 0.308. The standard InChI is InChI=1S/C13H14ClNO2/c1-10(17)15-7-3-2-4-11-5-6-13(14)8-12(11)9-16/h5-6,8,16H,3,7,9H2,1H3,(H,15,17). The van der Waals surface area contributed by atoms with E-state index >= 15 is 0 Å². The van der Waals surface area contributed by atoms with Crippen molar-refractivity contribution in [2.75, 3.05) is 6.54 Å². The fourth-order valence-electron chi connectivity index (χ4n) is 1.27. The average Bonchev–Trinajstić information content (AvgIpc) is 2.29. The number of halogens is 1. The van der Waals surface area contributed by atoms with E-state index in [1.54, 1.807) is 18.2 Å². The Hall–Kier alpha value is -1.50. The number of carbonyl (C=O) groups is 1. The maximum atomic E-state index is 10.6. The Morgan fingerprint density at radius 2 is 2.29 bits per heavy atom. The summed E-state index contributed by atoms with van der Waals surface area (Å²) in [7, 11) is 0. The van der Waals surface area contributed by atoms with Gasteiger partial charge < -0.3 is 10.4 Å². The molecule has 1 rings (SSSR count). The van der Waals surface area contributed by atoms with E-state index in [1.807, 2.05) is 0 Å². The number of aliphatic hydroxyl groups excluding tert-OH is 1. The minimum Gasteiger partial charge on any atom is -0.392 e. The van der Waals surface area contributed by atoms with Gasteiger partial charge >= 0.3 is 0 Å². The van der Waals surface area contributed by atoms with E-state index in [1.165, 1.54) is 6.92 Å². The fourth-order valence-corrected chi connectivity index (χ4v) is 1.47. The van der Waals surface area contributed by atoms with Crippen molar-refractivity contribution >= 4 is 17.5 Å². The molecule has 0 aromatic heterocycles. The van der Waals surface area contributed by atoms with Gasteiger partial charge in [0, 0.05) is 30.5 Å². The van der Waals surface area contributed by atoms with Gasteiger partial charge in [-0.3, -0.25) is 4.79 Å². The highest BCUT2D eigenvalue weighted by Crippen LogP contribution is 2.15. The van der Waals surface area contributed by atoms with Gasteiger partial charge in [-0.2, -0.15) is 0 Å². The van der Waals surface area contributed by atoms with Gasteiger partial charge in [-0.15, -0.1) is 0 Å². The van der Waals surface area contributed by atoms with Gasteiger partial charge in [0.1, 0.15) is 0 Å². The van der Waals surface area contributed by atoms with E-state index in [0.29, 0.717) is 23.6 Å². The van der Waals surface area contributed by atoms with Crippen LogP contribution in [0, 0.1) is 11.8 Å². The first-order valence-electron chi connectivity index (χ1n) is 5.26. The summed E-state index contributed by atoms with van der Waals surface area (Å²) in [6.45, 7) is 1.91. The van der Waals surface area contributed by atoms with Crippen LogP contribution in [0.1, 0.15) is 24.5 Å². The highest BCUT2D eigenvalue weighted by molar-refractivity contribution is 6.30. The maximum Gasteiger partial charge on any atom is 0.216 e. The molecule has 1 amide bonds. The van der Waals surface area contributed by atoms with Crippen molar-refractivity contribution < 1.29 is 9.90 Å². The molecular formula is C13H14ClNO2. The summed E-state index contributed by atoms with van der Waals surface area (Å²) in [5, 5.41) is 12.4. The van der Waals surface area contributed by atoms with Crippen LogP contribution in [0.3, 0.4) is 0 Å². The third kappa shape index (κ3) is 4.90. The zero-order chi connectivity index (χ0) is 12.7. The van der Waals surface area contributed by atoms with Crippen LogP contribution < -0.4 is 5.32 Å². The third-order valence-electron chi connectivity index (χ3n) is 2.08. The largest absolute Gasteiger partial charge is 0.392 e. The molecule has 0 saturated heterocycles. The summed E-state index contributed by atoms with van der Waals surface area (Å²) in [5.74, 6) is 5.82. The third-order valence-corrected chi connectivity index (χ3v) is 2.32. The first-order chi connectivity index (χ1) is 8.13. The first kappa shape index (κ1) is 13.6. The zero-order valence-corrected chi connectivity index (χ0v) is 10.3. The molecule has 0 bridgehead atoms. The lowest BCUT2D eigenvalue weighted by Gasteiger charge is -2.01. The van der Waals surface area contributed by atoms with E-state index in [9.17, 15) is 4.79 Å². The van der Waals surface area contributed by atoms with Crippen molar-refractivity contribution in [1.82, 2.24) is 5.32 Å². The SMILES string of the molecule is CC(=O)NCCC#Cc1ccc(Cl)cc1CO. The molecule has 90 valence electrons. The normalized spacial score (nSPS) is 9.35. The second-order valence-electron chi connectivity index (χ2n) is 3.49. The van der Waals surface area contributed by atoms with Crippen LogP contribution in [0.15, 0.2) is 18.2 Å². The van der Waals surface area contributed by atoms with Crippen LogP contribution in [0.25, 0.3) is 0 Å². The van der Waals surface area contributed by atoms with Crippen molar-refractivity contribution in [3.63, 3.8) is 0 Å². The van der Waals surface area contributed by atoms with Crippen molar-refractivity contribution in [3.05, 3.63) is 34.3 Å². The highest BCUT2D eigenvalue weighted by Gasteiger charge is 1.99. The summed E-state index contributed by atoms with van der Waals surface area (Å²) >= 11 is 5.81. The van der Waals surface area contributed by atoms with Gasteiger partial charge in [0.15, 0.2) is 0 Å². The second-order valence-corrected chi connectivity index (χ2v) is 3.93. The van der Waals surface area contributed by atoms with Gasteiger partial charge in [-0.05, 0) is 23.8 Å². The van der Waals surface area contributed by atoms with Gasteiger partial charge in [-0.1, -0.05) is 23.4 Å². The summed E-state index contributed by atoms with van der Waals surface area (Å²) in [6.07, 6.45) is 0.576. The topological polar surface area (TPSA) is 49.3 Å². The molecule has 0 heterocycles. The predicted octanol–water partition coefficient (Wildman–Crippen LogP) is 1.71. The Labute approximate surface area is 106 Å². The quantitative estimate of drug-likeness (QED) is 0.635. The molecule has 0 aliphatic heterocycles. The highest BCUT2D eigenvalue weighted by atomic mass is 35.5. The lowest BCUT2D eigenvalue weighted by atomic mass is 10.1. The molecule has 2 N–H and O–H groups in total. The van der Waals surface area contributed by atoms with Crippen molar-refractivity contribution in [3.8, 4) is 11.8 Å². The molecule has 17 heavy (non-hydrogen) atoms. The monoisotopic (exact) mass is 251 g/mol. The number of rotatable bonds is 3. The van der Waals surface area contributed by atoms with Crippen molar-refractivity contribution in [1.29, 1.82) is 0 Å². The molecule has 3 nitrogen and oxygen atoms in total. The lowest BCUT2D eigenvalue weighted by Crippen LogP contribution is -2.20. The molecular weight excluding hydrogens is 238 g/mol. The number of hydrogen-bond acceptors (Lipinski definition) is 2. The first-order valence-corrected chi connectivity index (χ1v) is 5.64. The maximum absolute atomic E-state index is 10.6. The van der Waals surface area contributed by atoms with Crippen LogP contribution in [0.5, 0.6) is 0 Å². The number of benzene rings is 1. The van der Waals surface area contributed by atoms with Crippen LogP contribution in [-0.2, 0) is 11.4 Å². The number of amides is 1. The van der Waals surface area contributed by atoms with Gasteiger partial charge in [0.05, 0.1) is 6.61 Å². The molecule has 0 spiro atoms. The number of aliphatic hydroxyl groups is 1. The van der Waals surface area contributed by atoms with E-state index < -0.39 is 0 Å². The number of carbonyl (C=O) groups excluding carboxylic acids is 1. The number of nitrogens with one attached hydrogen (secondary N) is 1. The van der Waals surface area contributed by atoms with Gasteiger partial charge in [0.25, 0.3) is 0 Å². The summed E-state index contributed by atoms with van der Waals surface area (Å²) in [5.41, 5.74) is 1.48. The van der Waals surface area contributed by atoms with Crippen LogP contribution in [0.2, 0.25) is 5.02 Å². The summed E-state index contributed by atoms with van der Waals surface area (Å²) in [6, 6.07) is 5.21. The Balaban J connectivity index is 2.62. The van der Waals surface area contributed by atoms with E-state index in [4.69, 9.17) is 16.7 Å². The Morgan fingerprint density at radius 1 is 1.53 bits per heavy atom. The average molecular weight is 252 g/mol. The molecule has 0 radical (unpaired) electrons. The molecule has 1 aromatic rings. The summed E-state index contributed by atoms with van der Waals surface area (Å²) in [4.78, 5) is 10.6. The van der Waals surface area contributed by atoms with Crippen LogP contribution in [-0.4, -0.2) is 17.6 Å². The Morgan fingerprint density at radius 3 is 2.94 bits per heavy atom. The Kier molecular flexibility index (Phi) is 5.55. The van der Waals surface area contributed by atoms with Gasteiger partial charge in [0.2, 0.25) is 5.91 Å².